The van der Waals surface area contributed by atoms with Gasteiger partial charge in [0.2, 0.25) is 0 Å². The van der Waals surface area contributed by atoms with Crippen LogP contribution in [0.5, 0.6) is 0 Å². The maximum Gasteiger partial charge on any atom is 0.160 e. The highest BCUT2D eigenvalue weighted by molar-refractivity contribution is 7.20. The van der Waals surface area contributed by atoms with Gasteiger partial charge in [-0.1, -0.05) is 0 Å². The molecule has 0 radical (unpaired) electrons. The van der Waals surface area contributed by atoms with E-state index >= 15 is 0 Å². The van der Waals surface area contributed by atoms with E-state index in [4.69, 9.17) is 11.0 Å². The molecule has 0 atom stereocenters. The first-order valence-electron chi connectivity index (χ1n) is 3.93. The third kappa shape index (κ3) is 1.24. The van der Waals surface area contributed by atoms with E-state index in [1.165, 1.54) is 11.3 Å². The van der Waals surface area contributed by atoms with E-state index in [1.54, 1.807) is 18.2 Å². The fourth-order valence-corrected chi connectivity index (χ4v) is 2.26. The number of anilines is 1. The normalized spacial score (nSPS) is 9.93. The summed E-state index contributed by atoms with van der Waals surface area (Å²) < 4.78 is 0.878. The molecule has 2 rings (SSSR count). The molecule has 1 heterocycles. The Kier molecular flexibility index (Phi) is 1.95. The Morgan fingerprint density at radius 3 is 2.86 bits per heavy atom. The van der Waals surface area contributed by atoms with Crippen LogP contribution in [0.1, 0.15) is 15.2 Å². The number of hydrogen-bond donors (Lipinski definition) is 1. The molecule has 0 saturated carbocycles. The highest BCUT2D eigenvalue weighted by Gasteiger charge is 2.05. The van der Waals surface area contributed by atoms with Gasteiger partial charge in [-0.25, -0.2) is 0 Å². The van der Waals surface area contributed by atoms with Crippen molar-refractivity contribution in [3.05, 3.63) is 28.6 Å². The van der Waals surface area contributed by atoms with Crippen molar-refractivity contribution < 1.29 is 4.79 Å². The van der Waals surface area contributed by atoms with Crippen molar-refractivity contribution in [1.29, 1.82) is 5.26 Å². The molecule has 2 aromatic rings. The van der Waals surface area contributed by atoms with Gasteiger partial charge < -0.3 is 5.73 Å². The first-order valence-corrected chi connectivity index (χ1v) is 4.74. The van der Waals surface area contributed by atoms with Gasteiger partial charge in [-0.3, -0.25) is 4.79 Å². The molecule has 4 heteroatoms. The van der Waals surface area contributed by atoms with Crippen LogP contribution < -0.4 is 5.73 Å². The summed E-state index contributed by atoms with van der Waals surface area (Å²) in [6.07, 6.45) is 0.788. The number of nitrogen functional groups attached to an aromatic ring is 1. The largest absolute Gasteiger partial charge is 0.398 e. The summed E-state index contributed by atoms with van der Waals surface area (Å²) >= 11 is 1.34. The lowest BCUT2D eigenvalue weighted by molar-refractivity contribution is 0.112. The Bertz CT molecular complexity index is 551. The van der Waals surface area contributed by atoms with Crippen LogP contribution in [0.15, 0.2) is 18.2 Å². The predicted octanol–water partition coefficient (Wildman–Crippen LogP) is 2.17. The van der Waals surface area contributed by atoms with Crippen molar-refractivity contribution in [1.82, 2.24) is 0 Å². The van der Waals surface area contributed by atoms with Gasteiger partial charge in [-0.05, 0) is 18.2 Å². The lowest BCUT2D eigenvalue weighted by Gasteiger charge is -1.95. The quantitative estimate of drug-likeness (QED) is 0.569. The SMILES string of the molecule is N#Cc1cc(N)c2cc(C=O)sc2c1. The Morgan fingerprint density at radius 1 is 1.43 bits per heavy atom. The average molecular weight is 202 g/mol. The number of hydrogen-bond acceptors (Lipinski definition) is 4. The van der Waals surface area contributed by atoms with Crippen LogP contribution in [0.4, 0.5) is 5.69 Å². The molecule has 2 N–H and O–H groups in total. The van der Waals surface area contributed by atoms with Crippen molar-refractivity contribution in [2.75, 3.05) is 5.73 Å². The van der Waals surface area contributed by atoms with Crippen molar-refractivity contribution in [2.24, 2.45) is 0 Å². The maximum absolute atomic E-state index is 10.5. The number of nitrogens with zero attached hydrogens (tertiary/aromatic N) is 1. The minimum atomic E-state index is 0.522. The summed E-state index contributed by atoms with van der Waals surface area (Å²) in [6.45, 7) is 0. The van der Waals surface area contributed by atoms with E-state index in [-0.39, 0.29) is 0 Å². The van der Waals surface area contributed by atoms with Gasteiger partial charge in [0.1, 0.15) is 0 Å². The van der Waals surface area contributed by atoms with Crippen LogP contribution in [0.25, 0.3) is 10.1 Å². The van der Waals surface area contributed by atoms with Crippen molar-refractivity contribution in [3.8, 4) is 6.07 Å². The summed E-state index contributed by atoms with van der Waals surface area (Å²) in [7, 11) is 0. The molecule has 0 bridgehead atoms. The highest BCUT2D eigenvalue weighted by atomic mass is 32.1. The standard InChI is InChI=1S/C10H6N2OS/c11-4-6-1-9(12)8-3-7(5-13)14-10(8)2-6/h1-3,5H,12H2. The summed E-state index contributed by atoms with van der Waals surface area (Å²) in [5.74, 6) is 0. The van der Waals surface area contributed by atoms with Crippen LogP contribution in [-0.2, 0) is 0 Å². The van der Waals surface area contributed by atoms with Crippen LogP contribution in [-0.4, -0.2) is 6.29 Å². The second-order valence-electron chi connectivity index (χ2n) is 2.86. The summed E-state index contributed by atoms with van der Waals surface area (Å²) in [6, 6.07) is 7.12. The van der Waals surface area contributed by atoms with Gasteiger partial charge in [0.15, 0.2) is 6.29 Å². The fourth-order valence-electron chi connectivity index (χ4n) is 1.31. The molecule has 0 spiro atoms. The average Bonchev–Trinajstić information content (AvgIpc) is 2.61. The zero-order valence-corrected chi connectivity index (χ0v) is 7.97. The number of aldehydes is 1. The molecule has 0 amide bonds. The molecule has 68 valence electrons. The summed E-state index contributed by atoms with van der Waals surface area (Å²) in [4.78, 5) is 11.2. The third-order valence-corrected chi connectivity index (χ3v) is 2.94. The van der Waals surface area contributed by atoms with E-state index in [2.05, 4.69) is 0 Å². The summed E-state index contributed by atoms with van der Waals surface area (Å²) in [5.41, 5.74) is 6.81. The predicted molar refractivity (Wildman–Crippen MR) is 56.3 cm³/mol. The van der Waals surface area contributed by atoms with E-state index in [0.29, 0.717) is 16.1 Å². The van der Waals surface area contributed by atoms with Crippen LogP contribution >= 0.6 is 11.3 Å². The monoisotopic (exact) mass is 202 g/mol. The zero-order chi connectivity index (χ0) is 10.1. The molecular formula is C10H6N2OS. The first kappa shape index (κ1) is 8.73. The number of rotatable bonds is 1. The summed E-state index contributed by atoms with van der Waals surface area (Å²) in [5, 5.41) is 9.56. The Labute approximate surface area is 84.4 Å². The number of thiophene rings is 1. The molecule has 0 unspecified atom stereocenters. The minimum Gasteiger partial charge on any atom is -0.398 e. The molecule has 0 aliphatic rings. The molecule has 1 aromatic heterocycles. The van der Waals surface area contributed by atoms with Gasteiger partial charge in [-0.15, -0.1) is 11.3 Å². The highest BCUT2D eigenvalue weighted by Crippen LogP contribution is 2.30. The minimum absolute atomic E-state index is 0.522. The zero-order valence-electron chi connectivity index (χ0n) is 7.15. The molecule has 0 aliphatic carbocycles. The van der Waals surface area contributed by atoms with Gasteiger partial charge >= 0.3 is 0 Å². The fraction of sp³-hybridized carbons (Fsp3) is 0. The molecule has 0 fully saturated rings. The Hall–Kier alpha value is -1.86. The van der Waals surface area contributed by atoms with Gasteiger partial charge in [0.05, 0.1) is 16.5 Å². The van der Waals surface area contributed by atoms with E-state index < -0.39 is 0 Å². The van der Waals surface area contributed by atoms with E-state index in [0.717, 1.165) is 16.4 Å². The van der Waals surface area contributed by atoms with Crippen LogP contribution in [0.3, 0.4) is 0 Å². The first-order chi connectivity index (χ1) is 6.74. The van der Waals surface area contributed by atoms with E-state index in [1.807, 2.05) is 6.07 Å². The molecule has 14 heavy (non-hydrogen) atoms. The van der Waals surface area contributed by atoms with Crippen molar-refractivity contribution in [2.45, 2.75) is 0 Å². The van der Waals surface area contributed by atoms with Crippen molar-refractivity contribution >= 4 is 33.4 Å². The van der Waals surface area contributed by atoms with Crippen molar-refractivity contribution in [3.63, 3.8) is 0 Å². The number of benzene rings is 1. The lowest BCUT2D eigenvalue weighted by Crippen LogP contribution is -1.86. The number of carbonyl (C=O) groups is 1. The number of carbonyl (C=O) groups excluding carboxylic acids is 1. The Balaban J connectivity index is 2.81. The number of fused-ring (bicyclic) bond motifs is 1. The van der Waals surface area contributed by atoms with Crippen LogP contribution in [0, 0.1) is 11.3 Å². The third-order valence-electron chi connectivity index (χ3n) is 1.93. The number of nitriles is 1. The second-order valence-corrected chi connectivity index (χ2v) is 3.97. The van der Waals surface area contributed by atoms with Gasteiger partial charge in [0.25, 0.3) is 0 Å². The molecule has 0 saturated heterocycles. The van der Waals surface area contributed by atoms with Gasteiger partial charge in [0, 0.05) is 15.8 Å². The second kappa shape index (κ2) is 3.13. The molecular weight excluding hydrogens is 196 g/mol. The maximum atomic E-state index is 10.5. The number of nitrogens with two attached hydrogens (primary N) is 1. The molecule has 0 aliphatic heterocycles. The smallest absolute Gasteiger partial charge is 0.160 e. The topological polar surface area (TPSA) is 66.9 Å². The van der Waals surface area contributed by atoms with E-state index in [9.17, 15) is 4.79 Å². The molecule has 1 aromatic carbocycles. The van der Waals surface area contributed by atoms with Crippen LogP contribution in [0.2, 0.25) is 0 Å². The Morgan fingerprint density at radius 2 is 2.21 bits per heavy atom. The molecule has 3 nitrogen and oxygen atoms in total. The lowest BCUT2D eigenvalue weighted by atomic mass is 10.1. The van der Waals surface area contributed by atoms with Gasteiger partial charge in [-0.2, -0.15) is 5.26 Å².